The standard InChI is InChI=1S/C26H24N2O4S2/c1-4-31-25(30)21-16(2)17(3)34-24(21)27-20(29)15-33-26-28-22(18-11-7-5-8-12-18)23(32-26)19-13-9-6-10-14-19/h5-14H,4,15H2,1-3H3,(H,27,29). The van der Waals surface area contributed by atoms with E-state index in [1.807, 2.05) is 74.5 Å². The molecule has 6 nitrogen and oxygen atoms in total. The number of benzene rings is 2. The quantitative estimate of drug-likeness (QED) is 0.221. The van der Waals surface area contributed by atoms with Crippen LogP contribution in [-0.2, 0) is 9.53 Å². The highest BCUT2D eigenvalue weighted by molar-refractivity contribution is 7.99. The summed E-state index contributed by atoms with van der Waals surface area (Å²) < 4.78 is 11.2. The molecule has 0 aliphatic heterocycles. The Hall–Kier alpha value is -3.36. The lowest BCUT2D eigenvalue weighted by Gasteiger charge is -2.06. The molecule has 0 saturated carbocycles. The zero-order chi connectivity index (χ0) is 24.1. The van der Waals surface area contributed by atoms with Crippen LogP contribution in [0.2, 0.25) is 0 Å². The van der Waals surface area contributed by atoms with Crippen molar-refractivity contribution in [2.24, 2.45) is 0 Å². The molecule has 1 N–H and O–H groups in total. The Kier molecular flexibility index (Phi) is 7.49. The number of carbonyl (C=O) groups is 2. The molecule has 2 aromatic heterocycles. The maximum Gasteiger partial charge on any atom is 0.341 e. The molecule has 0 fully saturated rings. The SMILES string of the molecule is CCOC(=O)c1c(NC(=O)CSc2nc(-c3ccccc3)c(-c3ccccc3)o2)sc(C)c1C. The second-order valence-corrected chi connectivity index (χ2v) is 9.59. The molecule has 4 rings (SSSR count). The van der Waals surface area contributed by atoms with E-state index in [0.717, 1.165) is 27.3 Å². The van der Waals surface area contributed by atoms with Crippen molar-refractivity contribution in [2.75, 3.05) is 17.7 Å². The van der Waals surface area contributed by atoms with Gasteiger partial charge in [-0.1, -0.05) is 72.4 Å². The number of carbonyl (C=O) groups excluding carboxylic acids is 2. The predicted octanol–water partition coefficient (Wildman–Crippen LogP) is 6.59. The molecule has 0 radical (unpaired) electrons. The molecule has 0 atom stereocenters. The molecule has 1 amide bonds. The summed E-state index contributed by atoms with van der Waals surface area (Å²) in [6, 6.07) is 19.6. The number of thiophene rings is 1. The monoisotopic (exact) mass is 492 g/mol. The number of oxazole rings is 1. The van der Waals surface area contributed by atoms with Gasteiger partial charge >= 0.3 is 5.97 Å². The number of esters is 1. The predicted molar refractivity (Wildman–Crippen MR) is 136 cm³/mol. The zero-order valence-corrected chi connectivity index (χ0v) is 20.7. The van der Waals surface area contributed by atoms with Gasteiger partial charge < -0.3 is 14.5 Å². The normalized spacial score (nSPS) is 10.8. The Morgan fingerprint density at radius 2 is 1.68 bits per heavy atom. The first-order valence-corrected chi connectivity index (χ1v) is 12.6. The van der Waals surface area contributed by atoms with Gasteiger partial charge in [-0.2, -0.15) is 0 Å². The average molecular weight is 493 g/mol. The maximum absolute atomic E-state index is 12.7. The van der Waals surface area contributed by atoms with Gasteiger partial charge in [-0.25, -0.2) is 9.78 Å². The molecule has 0 aliphatic rings. The van der Waals surface area contributed by atoms with Crippen LogP contribution in [-0.4, -0.2) is 29.2 Å². The van der Waals surface area contributed by atoms with Crippen molar-refractivity contribution in [1.29, 1.82) is 0 Å². The first-order chi connectivity index (χ1) is 16.5. The Bertz CT molecular complexity index is 1240. The van der Waals surface area contributed by atoms with Crippen LogP contribution in [0.4, 0.5) is 5.00 Å². The number of rotatable bonds is 8. The van der Waals surface area contributed by atoms with Crippen LogP contribution in [0.3, 0.4) is 0 Å². The van der Waals surface area contributed by atoms with Crippen molar-refractivity contribution in [3.63, 3.8) is 0 Å². The number of anilines is 1. The van der Waals surface area contributed by atoms with Crippen LogP contribution >= 0.6 is 23.1 Å². The summed E-state index contributed by atoms with van der Waals surface area (Å²) >= 11 is 2.57. The number of nitrogens with zero attached hydrogens (tertiary/aromatic N) is 1. The van der Waals surface area contributed by atoms with Gasteiger partial charge in [0.05, 0.1) is 17.9 Å². The molecular weight excluding hydrogens is 468 g/mol. The van der Waals surface area contributed by atoms with E-state index in [2.05, 4.69) is 10.3 Å². The fourth-order valence-corrected chi connectivity index (χ4v) is 5.08. The van der Waals surface area contributed by atoms with Crippen molar-refractivity contribution >= 4 is 40.0 Å². The van der Waals surface area contributed by atoms with Gasteiger partial charge in [0.1, 0.15) is 10.7 Å². The van der Waals surface area contributed by atoms with Crippen LogP contribution in [0.15, 0.2) is 70.3 Å². The summed E-state index contributed by atoms with van der Waals surface area (Å²) in [5.74, 6) is 0.0580. The topological polar surface area (TPSA) is 81.4 Å². The van der Waals surface area contributed by atoms with Gasteiger partial charge in [0.25, 0.3) is 5.22 Å². The third-order valence-electron chi connectivity index (χ3n) is 5.14. The fourth-order valence-electron chi connectivity index (χ4n) is 3.39. The van der Waals surface area contributed by atoms with Gasteiger partial charge in [0.2, 0.25) is 5.91 Å². The third-order valence-corrected chi connectivity index (χ3v) is 7.09. The summed E-state index contributed by atoms with van der Waals surface area (Å²) in [7, 11) is 0. The minimum atomic E-state index is -0.431. The van der Waals surface area contributed by atoms with Crippen molar-refractivity contribution in [1.82, 2.24) is 4.98 Å². The summed E-state index contributed by atoms with van der Waals surface area (Å²) in [6.07, 6.45) is 0. The number of amides is 1. The largest absolute Gasteiger partial charge is 0.462 e. The van der Waals surface area contributed by atoms with Crippen LogP contribution in [0, 0.1) is 13.8 Å². The molecule has 0 spiro atoms. The van der Waals surface area contributed by atoms with Crippen LogP contribution in [0.5, 0.6) is 0 Å². The molecular formula is C26H24N2O4S2. The van der Waals surface area contributed by atoms with Crippen molar-refractivity contribution < 1.29 is 18.7 Å². The second-order valence-electron chi connectivity index (χ2n) is 7.43. The second kappa shape index (κ2) is 10.7. The lowest BCUT2D eigenvalue weighted by Crippen LogP contribution is -2.16. The van der Waals surface area contributed by atoms with Crippen LogP contribution in [0.1, 0.15) is 27.7 Å². The number of aromatic nitrogens is 1. The number of ether oxygens (including phenoxy) is 1. The zero-order valence-electron chi connectivity index (χ0n) is 19.1. The Morgan fingerprint density at radius 1 is 1.03 bits per heavy atom. The molecule has 34 heavy (non-hydrogen) atoms. The highest BCUT2D eigenvalue weighted by Gasteiger charge is 2.23. The van der Waals surface area contributed by atoms with Gasteiger partial charge in [0, 0.05) is 16.0 Å². The summed E-state index contributed by atoms with van der Waals surface area (Å²) in [4.78, 5) is 30.7. The number of nitrogens with one attached hydrogen (secondary N) is 1. The first-order valence-electron chi connectivity index (χ1n) is 10.8. The van der Waals surface area contributed by atoms with E-state index in [1.54, 1.807) is 6.92 Å². The Labute approximate surface area is 206 Å². The minimum Gasteiger partial charge on any atom is -0.462 e. The van der Waals surface area contributed by atoms with Crippen LogP contribution < -0.4 is 5.32 Å². The van der Waals surface area contributed by atoms with Crippen molar-refractivity contribution in [3.05, 3.63) is 76.7 Å². The van der Waals surface area contributed by atoms with E-state index < -0.39 is 5.97 Å². The molecule has 4 aromatic rings. The van der Waals surface area contributed by atoms with Gasteiger partial charge in [-0.05, 0) is 26.3 Å². The maximum atomic E-state index is 12.7. The number of hydrogen-bond acceptors (Lipinski definition) is 7. The third kappa shape index (κ3) is 5.24. The molecule has 0 unspecified atom stereocenters. The molecule has 0 aliphatic carbocycles. The molecule has 8 heteroatoms. The number of thioether (sulfide) groups is 1. The number of aryl methyl sites for hydroxylation is 1. The van der Waals surface area contributed by atoms with E-state index in [9.17, 15) is 9.59 Å². The fraction of sp³-hybridized carbons (Fsp3) is 0.192. The van der Waals surface area contributed by atoms with E-state index in [-0.39, 0.29) is 18.3 Å². The van der Waals surface area contributed by atoms with E-state index >= 15 is 0 Å². The minimum absolute atomic E-state index is 0.0846. The molecule has 0 saturated heterocycles. The van der Waals surface area contributed by atoms with Crippen molar-refractivity contribution in [3.8, 4) is 22.6 Å². The van der Waals surface area contributed by atoms with Gasteiger partial charge in [-0.3, -0.25) is 4.79 Å². The van der Waals surface area contributed by atoms with E-state index in [0.29, 0.717) is 21.5 Å². The highest BCUT2D eigenvalue weighted by atomic mass is 32.2. The summed E-state index contributed by atoms with van der Waals surface area (Å²) in [6.45, 7) is 5.79. The molecule has 2 heterocycles. The first kappa shape index (κ1) is 23.8. The molecule has 2 aromatic carbocycles. The molecule has 0 bridgehead atoms. The van der Waals surface area contributed by atoms with Gasteiger partial charge in [-0.15, -0.1) is 11.3 Å². The Morgan fingerprint density at radius 3 is 2.32 bits per heavy atom. The van der Waals surface area contributed by atoms with Gasteiger partial charge in [0.15, 0.2) is 5.76 Å². The molecule has 174 valence electrons. The number of hydrogen-bond donors (Lipinski definition) is 1. The summed E-state index contributed by atoms with van der Waals surface area (Å²) in [5, 5.41) is 3.76. The average Bonchev–Trinajstić information content (AvgIpc) is 3.40. The lowest BCUT2D eigenvalue weighted by atomic mass is 10.1. The summed E-state index contributed by atoms with van der Waals surface area (Å²) in [5.41, 5.74) is 3.80. The highest BCUT2D eigenvalue weighted by Crippen LogP contribution is 2.36. The van der Waals surface area contributed by atoms with E-state index in [1.165, 1.54) is 23.1 Å². The Balaban J connectivity index is 1.53. The van der Waals surface area contributed by atoms with E-state index in [4.69, 9.17) is 9.15 Å². The van der Waals surface area contributed by atoms with Crippen molar-refractivity contribution in [2.45, 2.75) is 26.0 Å². The lowest BCUT2D eigenvalue weighted by molar-refractivity contribution is -0.113. The van der Waals surface area contributed by atoms with Crippen LogP contribution in [0.25, 0.3) is 22.6 Å². The smallest absolute Gasteiger partial charge is 0.341 e.